The average Bonchev–Trinajstić information content (AvgIpc) is 2.85. The highest BCUT2D eigenvalue weighted by Crippen LogP contribution is 2.40. The van der Waals surface area contributed by atoms with E-state index < -0.39 is 34.7 Å². The Labute approximate surface area is 230 Å². The van der Waals surface area contributed by atoms with Crippen molar-refractivity contribution in [2.24, 2.45) is 5.11 Å². The molecule has 2 rings (SSSR count). The second-order valence-electron chi connectivity index (χ2n) is 12.0. The van der Waals surface area contributed by atoms with Gasteiger partial charge in [0.2, 0.25) is 0 Å². The van der Waals surface area contributed by atoms with Crippen LogP contribution in [0, 0.1) is 0 Å². The van der Waals surface area contributed by atoms with Crippen LogP contribution in [0.3, 0.4) is 0 Å². The van der Waals surface area contributed by atoms with Crippen molar-refractivity contribution in [2.45, 2.75) is 76.9 Å². The molecule has 0 aliphatic rings. The first-order chi connectivity index (χ1) is 17.7. The molecule has 9 heteroatoms. The van der Waals surface area contributed by atoms with Gasteiger partial charge in [0.05, 0.1) is 25.9 Å². The van der Waals surface area contributed by atoms with Gasteiger partial charge in [-0.1, -0.05) is 113 Å². The summed E-state index contributed by atoms with van der Waals surface area (Å²) in [6, 6.07) is 20.0. The summed E-state index contributed by atoms with van der Waals surface area (Å²) < 4.78 is 18.8. The minimum atomic E-state index is -2.87. The molecular weight excluding hydrogens is 511 g/mol. The number of hydrogen-bond donors (Lipinski definition) is 0. The van der Waals surface area contributed by atoms with Gasteiger partial charge < -0.3 is 13.6 Å². The number of hydrogen-bond acceptors (Lipinski definition) is 5. The van der Waals surface area contributed by atoms with Crippen molar-refractivity contribution in [2.75, 3.05) is 13.7 Å². The number of azide groups is 1. The number of ether oxygens (including phenoxy) is 1. The van der Waals surface area contributed by atoms with Gasteiger partial charge in [-0.05, 0) is 39.1 Å². The minimum Gasteiger partial charge on any atom is -0.466 e. The summed E-state index contributed by atoms with van der Waals surface area (Å²) in [6.07, 6.45) is 2.23. The third kappa shape index (κ3) is 7.45. The fourth-order valence-electron chi connectivity index (χ4n) is 4.27. The van der Waals surface area contributed by atoms with E-state index in [9.17, 15) is 10.3 Å². The lowest BCUT2D eigenvalue weighted by Crippen LogP contribution is -2.67. The van der Waals surface area contributed by atoms with Crippen LogP contribution in [0.4, 0.5) is 0 Å². The van der Waals surface area contributed by atoms with E-state index in [0.717, 1.165) is 10.4 Å². The van der Waals surface area contributed by atoms with Gasteiger partial charge in [0.25, 0.3) is 8.32 Å². The molecule has 0 spiro atoms. The van der Waals surface area contributed by atoms with Crippen molar-refractivity contribution in [3.63, 3.8) is 0 Å². The molecule has 0 radical (unpaired) electrons. The van der Waals surface area contributed by atoms with Crippen LogP contribution in [0.5, 0.6) is 0 Å². The lowest BCUT2D eigenvalue weighted by Gasteiger charge is -2.45. The highest BCUT2D eigenvalue weighted by molar-refractivity contribution is 6.99. The Morgan fingerprint density at radius 3 is 1.84 bits per heavy atom. The highest BCUT2D eigenvalue weighted by atomic mass is 28.4. The van der Waals surface area contributed by atoms with Gasteiger partial charge in [0.1, 0.15) is 0 Å². The predicted molar refractivity (Wildman–Crippen MR) is 160 cm³/mol. The smallest absolute Gasteiger partial charge is 0.330 e. The number of esters is 1. The van der Waals surface area contributed by atoms with Crippen LogP contribution in [0.15, 0.2) is 77.9 Å². The topological polar surface area (TPSA) is 93.5 Å². The molecule has 0 aromatic heterocycles. The molecule has 2 atom stereocenters. The molecule has 2 aromatic carbocycles. The van der Waals surface area contributed by atoms with Gasteiger partial charge >= 0.3 is 5.97 Å². The third-order valence-electron chi connectivity index (χ3n) is 7.33. The number of carbonyl (C=O) groups excluding carboxylic acids is 1. The van der Waals surface area contributed by atoms with E-state index in [1.807, 2.05) is 36.4 Å². The molecule has 2 aromatic rings. The number of methoxy groups -OCH3 is 1. The van der Waals surface area contributed by atoms with E-state index in [4.69, 9.17) is 13.6 Å². The first-order valence-corrected chi connectivity index (χ1v) is 17.7. The Kier molecular flexibility index (Phi) is 10.7. The molecular formula is C29H43N3O4Si2. The Morgan fingerprint density at radius 1 is 0.947 bits per heavy atom. The van der Waals surface area contributed by atoms with Crippen LogP contribution < -0.4 is 10.4 Å². The fourth-order valence-corrected chi connectivity index (χ4v) is 10.2. The predicted octanol–water partition coefficient (Wildman–Crippen LogP) is 6.36. The standard InChI is InChI=1S/C29H43N3O4Si2/c1-28(2,3)37(8,9)36-26(25(31-32-30)20-21-27(33)34-7)22-35-38(29(4,5)6,23-16-12-10-13-17-23)24-18-14-11-15-19-24/h10-21,25-26H,22H2,1-9H3/b21-20+/t25-,26+/m0/s1. The number of benzene rings is 2. The van der Waals surface area contributed by atoms with Crippen molar-refractivity contribution >= 4 is 33.0 Å². The molecule has 0 saturated heterocycles. The maximum atomic E-state index is 11.9. The van der Waals surface area contributed by atoms with E-state index in [1.54, 1.807) is 6.08 Å². The van der Waals surface area contributed by atoms with Crippen LogP contribution in [-0.2, 0) is 18.4 Å². The number of carbonyl (C=O) groups is 1. The lowest BCUT2D eigenvalue weighted by atomic mass is 10.1. The van der Waals surface area contributed by atoms with Crippen LogP contribution in [-0.4, -0.2) is 48.5 Å². The van der Waals surface area contributed by atoms with E-state index in [1.165, 1.54) is 13.2 Å². The molecule has 0 unspecified atom stereocenters. The largest absolute Gasteiger partial charge is 0.466 e. The Balaban J connectivity index is 2.67. The summed E-state index contributed by atoms with van der Waals surface area (Å²) in [7, 11) is -3.88. The van der Waals surface area contributed by atoms with Gasteiger partial charge in [-0.3, -0.25) is 0 Å². The zero-order chi connectivity index (χ0) is 28.6. The van der Waals surface area contributed by atoms with Crippen molar-refractivity contribution in [3.8, 4) is 0 Å². The maximum absolute atomic E-state index is 11.9. The molecule has 0 N–H and O–H groups in total. The van der Waals surface area contributed by atoms with Gasteiger partial charge in [0.15, 0.2) is 8.32 Å². The fraction of sp³-hybridized carbons (Fsp3) is 0.483. The molecule has 0 bridgehead atoms. The van der Waals surface area contributed by atoms with Gasteiger partial charge in [-0.25, -0.2) is 4.79 Å². The van der Waals surface area contributed by atoms with E-state index in [2.05, 4.69) is 88.9 Å². The van der Waals surface area contributed by atoms with Gasteiger partial charge in [-0.2, -0.15) is 0 Å². The Hall–Kier alpha value is -2.69. The van der Waals surface area contributed by atoms with Crippen molar-refractivity contribution in [1.29, 1.82) is 0 Å². The summed E-state index contributed by atoms with van der Waals surface area (Å²) in [5, 5.41) is 6.00. The van der Waals surface area contributed by atoms with Gasteiger partial charge in [-0.15, -0.1) is 0 Å². The summed E-state index contributed by atoms with van der Waals surface area (Å²) in [6.45, 7) is 17.6. The zero-order valence-electron chi connectivity index (χ0n) is 24.3. The average molecular weight is 554 g/mol. The highest BCUT2D eigenvalue weighted by Gasteiger charge is 2.51. The SMILES string of the molecule is COC(=O)/C=C/[C@H](N=[N+]=[N-])[C@@H](CO[Si](c1ccccc1)(c1ccccc1)C(C)(C)C)O[Si](C)(C)C(C)(C)C. The van der Waals surface area contributed by atoms with Crippen molar-refractivity contribution in [1.82, 2.24) is 0 Å². The van der Waals surface area contributed by atoms with E-state index >= 15 is 0 Å². The lowest BCUT2D eigenvalue weighted by molar-refractivity contribution is -0.134. The first kappa shape index (κ1) is 31.5. The van der Waals surface area contributed by atoms with Crippen LogP contribution in [0.1, 0.15) is 41.5 Å². The molecule has 0 heterocycles. The quantitative estimate of drug-likeness (QED) is 0.0808. The summed E-state index contributed by atoms with van der Waals surface area (Å²) in [5.41, 5.74) is 9.41. The molecule has 0 saturated carbocycles. The molecule has 0 aliphatic heterocycles. The molecule has 7 nitrogen and oxygen atoms in total. The van der Waals surface area contributed by atoms with Crippen LogP contribution in [0.25, 0.3) is 10.4 Å². The monoisotopic (exact) mass is 553 g/mol. The molecule has 206 valence electrons. The number of nitrogens with zero attached hydrogens (tertiary/aromatic N) is 3. The summed E-state index contributed by atoms with van der Waals surface area (Å²) in [5.74, 6) is -0.526. The van der Waals surface area contributed by atoms with Crippen LogP contribution in [0.2, 0.25) is 23.2 Å². The molecule has 0 amide bonds. The van der Waals surface area contributed by atoms with E-state index in [-0.39, 0.29) is 16.7 Å². The second kappa shape index (κ2) is 12.9. The van der Waals surface area contributed by atoms with Gasteiger partial charge in [0, 0.05) is 11.0 Å². The normalized spacial score (nSPS) is 14.6. The second-order valence-corrected chi connectivity index (χ2v) is 21.0. The maximum Gasteiger partial charge on any atom is 0.330 e. The van der Waals surface area contributed by atoms with Crippen LogP contribution >= 0.6 is 0 Å². The summed E-state index contributed by atoms with van der Waals surface area (Å²) in [4.78, 5) is 15.0. The van der Waals surface area contributed by atoms with Crippen molar-refractivity contribution in [3.05, 3.63) is 83.3 Å². The Bertz CT molecular complexity index is 1080. The zero-order valence-corrected chi connectivity index (χ0v) is 26.3. The Morgan fingerprint density at radius 2 is 1.45 bits per heavy atom. The third-order valence-corrected chi connectivity index (χ3v) is 16.8. The minimum absolute atomic E-state index is 0.0877. The number of rotatable bonds is 11. The molecule has 0 fully saturated rings. The van der Waals surface area contributed by atoms with E-state index in [0.29, 0.717) is 0 Å². The summed E-state index contributed by atoms with van der Waals surface area (Å²) >= 11 is 0. The molecule has 0 aliphatic carbocycles. The molecule has 38 heavy (non-hydrogen) atoms. The first-order valence-electron chi connectivity index (χ1n) is 12.9. The van der Waals surface area contributed by atoms with Crippen molar-refractivity contribution < 1.29 is 18.4 Å².